The zero-order valence-corrected chi connectivity index (χ0v) is 12.5. The second-order valence-electron chi connectivity index (χ2n) is 5.10. The molecule has 0 bridgehead atoms. The molecule has 0 spiro atoms. The van der Waals surface area contributed by atoms with Gasteiger partial charge >= 0.3 is 5.69 Å². The van der Waals surface area contributed by atoms with Crippen LogP contribution in [-0.4, -0.2) is 31.7 Å². The van der Waals surface area contributed by atoms with Gasteiger partial charge in [0.1, 0.15) is 18.4 Å². The van der Waals surface area contributed by atoms with Gasteiger partial charge in [-0.2, -0.15) is 5.10 Å². The number of hydrogen-bond acceptors (Lipinski definition) is 8. The number of nitrogens with zero attached hydrogens (tertiary/aromatic N) is 5. The topological polar surface area (TPSA) is 118 Å². The fraction of sp³-hybridized carbons (Fsp3) is 0.214. The van der Waals surface area contributed by atoms with Crippen LogP contribution < -0.4 is 9.47 Å². The third-order valence-electron chi connectivity index (χ3n) is 3.65. The molecule has 0 aliphatic carbocycles. The van der Waals surface area contributed by atoms with Gasteiger partial charge < -0.3 is 13.9 Å². The summed E-state index contributed by atoms with van der Waals surface area (Å²) in [4.78, 5) is 10.4. The molecule has 122 valence electrons. The summed E-state index contributed by atoms with van der Waals surface area (Å²) in [6, 6.07) is 5.31. The quantitative estimate of drug-likeness (QED) is 0.526. The van der Waals surface area contributed by atoms with E-state index < -0.39 is 4.92 Å². The Morgan fingerprint density at radius 3 is 2.92 bits per heavy atom. The van der Waals surface area contributed by atoms with Gasteiger partial charge in [-0.05, 0) is 25.1 Å². The van der Waals surface area contributed by atoms with E-state index in [4.69, 9.17) is 13.9 Å². The average molecular weight is 329 g/mol. The van der Waals surface area contributed by atoms with Crippen molar-refractivity contribution < 1.29 is 18.8 Å². The van der Waals surface area contributed by atoms with E-state index in [1.54, 1.807) is 25.1 Å². The predicted molar refractivity (Wildman–Crippen MR) is 78.6 cm³/mol. The normalized spacial score (nSPS) is 12.5. The van der Waals surface area contributed by atoms with Crippen molar-refractivity contribution >= 4 is 5.69 Å². The van der Waals surface area contributed by atoms with E-state index in [0.717, 1.165) is 0 Å². The Balaban J connectivity index is 1.58. The second kappa shape index (κ2) is 5.33. The summed E-state index contributed by atoms with van der Waals surface area (Å²) >= 11 is 0. The van der Waals surface area contributed by atoms with Crippen LogP contribution in [-0.2, 0) is 6.54 Å². The lowest BCUT2D eigenvalue weighted by atomic mass is 10.2. The maximum absolute atomic E-state index is 10.8. The Kier molecular flexibility index (Phi) is 3.15. The van der Waals surface area contributed by atoms with Crippen molar-refractivity contribution in [3.05, 3.63) is 46.1 Å². The molecule has 0 saturated heterocycles. The van der Waals surface area contributed by atoms with E-state index in [0.29, 0.717) is 34.5 Å². The maximum atomic E-state index is 10.8. The Hall–Kier alpha value is -3.43. The summed E-state index contributed by atoms with van der Waals surface area (Å²) in [5.41, 5.74) is 1.06. The molecule has 1 aromatic carbocycles. The maximum Gasteiger partial charge on any atom is 0.309 e. The molecule has 0 amide bonds. The van der Waals surface area contributed by atoms with Crippen molar-refractivity contribution in [2.45, 2.75) is 13.5 Å². The number of hydrogen-bond donors (Lipinski definition) is 0. The van der Waals surface area contributed by atoms with Gasteiger partial charge in [0.05, 0.1) is 4.92 Å². The molecule has 10 heteroatoms. The molecule has 3 aromatic rings. The van der Waals surface area contributed by atoms with Gasteiger partial charge in [-0.3, -0.25) is 14.8 Å². The molecular weight excluding hydrogens is 318 g/mol. The number of aromatic nitrogens is 4. The lowest BCUT2D eigenvalue weighted by molar-refractivity contribution is -0.385. The molecule has 3 heterocycles. The molecule has 1 aliphatic heterocycles. The summed E-state index contributed by atoms with van der Waals surface area (Å²) in [7, 11) is 0. The first kappa shape index (κ1) is 14.2. The minimum absolute atomic E-state index is 0.0505. The minimum Gasteiger partial charge on any atom is -0.454 e. The highest BCUT2D eigenvalue weighted by atomic mass is 16.7. The van der Waals surface area contributed by atoms with Gasteiger partial charge in [-0.15, -0.1) is 10.2 Å². The van der Waals surface area contributed by atoms with Crippen molar-refractivity contribution in [2.75, 3.05) is 6.79 Å². The molecule has 0 atom stereocenters. The Morgan fingerprint density at radius 1 is 1.29 bits per heavy atom. The molecule has 0 radical (unpaired) electrons. The van der Waals surface area contributed by atoms with Crippen LogP contribution in [0.5, 0.6) is 11.5 Å². The van der Waals surface area contributed by atoms with E-state index in [9.17, 15) is 10.1 Å². The van der Waals surface area contributed by atoms with Crippen LogP contribution in [0.4, 0.5) is 5.69 Å². The molecule has 0 fully saturated rings. The van der Waals surface area contributed by atoms with Gasteiger partial charge in [0.15, 0.2) is 11.5 Å². The number of ether oxygens (including phenoxy) is 2. The summed E-state index contributed by atoms with van der Waals surface area (Å²) < 4.78 is 17.6. The van der Waals surface area contributed by atoms with E-state index in [-0.39, 0.29) is 19.0 Å². The number of fused-ring (bicyclic) bond motifs is 1. The van der Waals surface area contributed by atoms with Crippen LogP contribution in [0, 0.1) is 17.0 Å². The molecule has 4 rings (SSSR count). The average Bonchev–Trinajstić information content (AvgIpc) is 3.28. The summed E-state index contributed by atoms with van der Waals surface area (Å²) in [6.07, 6.45) is 1.20. The zero-order valence-electron chi connectivity index (χ0n) is 12.5. The van der Waals surface area contributed by atoms with Crippen molar-refractivity contribution in [3.8, 4) is 23.0 Å². The van der Waals surface area contributed by atoms with Crippen molar-refractivity contribution in [2.24, 2.45) is 0 Å². The fourth-order valence-corrected chi connectivity index (χ4v) is 2.37. The van der Waals surface area contributed by atoms with Crippen molar-refractivity contribution in [3.63, 3.8) is 0 Å². The standard InChI is InChI=1S/C14H11N5O5/c1-8-10(19(20)21)5-15-18(8)6-13-16-17-14(24-13)9-2-3-11-12(4-9)23-7-22-11/h2-5H,6-7H2,1H3. The predicted octanol–water partition coefficient (Wildman–Crippen LogP) is 1.93. The van der Waals surface area contributed by atoms with E-state index in [2.05, 4.69) is 15.3 Å². The van der Waals surface area contributed by atoms with Gasteiger partial charge in [0.25, 0.3) is 0 Å². The third-order valence-corrected chi connectivity index (χ3v) is 3.65. The molecule has 1 aliphatic rings. The van der Waals surface area contributed by atoms with Gasteiger partial charge in [0, 0.05) is 5.56 Å². The molecular formula is C14H11N5O5. The van der Waals surface area contributed by atoms with E-state index in [1.165, 1.54) is 10.9 Å². The highest BCUT2D eigenvalue weighted by molar-refractivity contribution is 5.60. The second-order valence-corrected chi connectivity index (χ2v) is 5.10. The minimum atomic E-state index is -0.481. The van der Waals surface area contributed by atoms with Crippen LogP contribution in [0.25, 0.3) is 11.5 Å². The largest absolute Gasteiger partial charge is 0.454 e. The third kappa shape index (κ3) is 2.33. The fourth-order valence-electron chi connectivity index (χ4n) is 2.37. The molecule has 24 heavy (non-hydrogen) atoms. The lowest BCUT2D eigenvalue weighted by Gasteiger charge is -1.99. The van der Waals surface area contributed by atoms with Crippen LogP contribution in [0.3, 0.4) is 0 Å². The monoisotopic (exact) mass is 329 g/mol. The first-order valence-electron chi connectivity index (χ1n) is 7.01. The molecule has 0 N–H and O–H groups in total. The Labute approximate surface area is 134 Å². The van der Waals surface area contributed by atoms with Crippen molar-refractivity contribution in [1.29, 1.82) is 0 Å². The Morgan fingerprint density at radius 2 is 2.12 bits per heavy atom. The van der Waals surface area contributed by atoms with E-state index >= 15 is 0 Å². The molecule has 0 saturated carbocycles. The zero-order chi connectivity index (χ0) is 16.7. The Bertz CT molecular complexity index is 932. The van der Waals surface area contributed by atoms with Gasteiger partial charge in [0.2, 0.25) is 18.6 Å². The first-order valence-corrected chi connectivity index (χ1v) is 7.01. The van der Waals surface area contributed by atoms with Crippen LogP contribution in [0.15, 0.2) is 28.8 Å². The molecule has 2 aromatic heterocycles. The SMILES string of the molecule is Cc1c([N+](=O)[O-])cnn1Cc1nnc(-c2ccc3c(c2)OCO3)o1. The lowest BCUT2D eigenvalue weighted by Crippen LogP contribution is -2.04. The molecule has 0 unspecified atom stereocenters. The summed E-state index contributed by atoms with van der Waals surface area (Å²) in [6.45, 7) is 1.95. The number of nitro groups is 1. The van der Waals surface area contributed by atoms with Crippen LogP contribution in [0.1, 0.15) is 11.6 Å². The van der Waals surface area contributed by atoms with Crippen LogP contribution in [0.2, 0.25) is 0 Å². The van der Waals surface area contributed by atoms with Crippen LogP contribution >= 0.6 is 0 Å². The first-order chi connectivity index (χ1) is 11.6. The van der Waals surface area contributed by atoms with Gasteiger partial charge in [-0.1, -0.05) is 0 Å². The smallest absolute Gasteiger partial charge is 0.309 e. The molecule has 10 nitrogen and oxygen atoms in total. The number of benzene rings is 1. The highest BCUT2D eigenvalue weighted by Gasteiger charge is 2.19. The van der Waals surface area contributed by atoms with E-state index in [1.807, 2.05) is 0 Å². The van der Waals surface area contributed by atoms with Gasteiger partial charge in [-0.25, -0.2) is 0 Å². The van der Waals surface area contributed by atoms with Crippen molar-refractivity contribution in [1.82, 2.24) is 20.0 Å². The number of rotatable bonds is 4. The highest BCUT2D eigenvalue weighted by Crippen LogP contribution is 2.35. The summed E-state index contributed by atoms with van der Waals surface area (Å²) in [5, 5.41) is 22.8. The summed E-state index contributed by atoms with van der Waals surface area (Å²) in [5.74, 6) is 1.90.